The second-order valence-corrected chi connectivity index (χ2v) is 4.34. The van der Waals surface area contributed by atoms with Gasteiger partial charge < -0.3 is 20.8 Å². The number of hydrogen-bond acceptors (Lipinski definition) is 4. The Morgan fingerprint density at radius 1 is 1.15 bits per heavy atom. The number of phenolic OH excluding ortho intramolecular Hbond substituents is 2. The average molecular weight is 272 g/mol. The van der Waals surface area contributed by atoms with E-state index in [1.54, 1.807) is 24.3 Å². The van der Waals surface area contributed by atoms with Crippen molar-refractivity contribution >= 4 is 17.3 Å². The van der Waals surface area contributed by atoms with Gasteiger partial charge >= 0.3 is 0 Å². The van der Waals surface area contributed by atoms with Crippen molar-refractivity contribution in [3.63, 3.8) is 0 Å². The normalized spacial score (nSPS) is 10.2. The minimum Gasteiger partial charge on any atom is -0.508 e. The van der Waals surface area contributed by atoms with Gasteiger partial charge in [0.15, 0.2) is 0 Å². The molecule has 1 amide bonds. The lowest BCUT2D eigenvalue weighted by Gasteiger charge is -2.21. The number of benzene rings is 2. The molecule has 0 heterocycles. The summed E-state index contributed by atoms with van der Waals surface area (Å²) in [7, 11) is 0. The molecule has 20 heavy (non-hydrogen) atoms. The maximum atomic E-state index is 12.4. The van der Waals surface area contributed by atoms with Crippen LogP contribution in [-0.2, 0) is 0 Å². The maximum Gasteiger partial charge on any atom is 0.262 e. The fourth-order valence-electron chi connectivity index (χ4n) is 1.94. The Labute approximate surface area is 116 Å². The maximum absolute atomic E-state index is 12.4. The van der Waals surface area contributed by atoms with Crippen molar-refractivity contribution < 1.29 is 15.0 Å². The molecule has 2 aromatic rings. The minimum atomic E-state index is -0.338. The third kappa shape index (κ3) is 2.66. The van der Waals surface area contributed by atoms with Crippen LogP contribution in [0, 0.1) is 0 Å². The van der Waals surface area contributed by atoms with E-state index < -0.39 is 0 Å². The molecular formula is C15H16N2O3. The zero-order valence-electron chi connectivity index (χ0n) is 11.1. The van der Waals surface area contributed by atoms with E-state index in [-0.39, 0.29) is 23.0 Å². The van der Waals surface area contributed by atoms with Crippen LogP contribution >= 0.6 is 0 Å². The standard InChI is InChI=1S/C15H16N2O3/c1-2-17(11-5-3-10(16)4-6-11)15(20)13-8-7-12(18)9-14(13)19/h3-9,18-19H,2,16H2,1H3. The first-order chi connectivity index (χ1) is 9.52. The molecule has 0 radical (unpaired) electrons. The van der Waals surface area contributed by atoms with E-state index >= 15 is 0 Å². The molecule has 104 valence electrons. The third-order valence-electron chi connectivity index (χ3n) is 2.98. The molecule has 5 heteroatoms. The van der Waals surface area contributed by atoms with Gasteiger partial charge in [-0.05, 0) is 43.3 Å². The summed E-state index contributed by atoms with van der Waals surface area (Å²) in [6.45, 7) is 2.29. The number of amides is 1. The van der Waals surface area contributed by atoms with Crippen molar-refractivity contribution in [2.24, 2.45) is 0 Å². The first-order valence-corrected chi connectivity index (χ1v) is 6.22. The van der Waals surface area contributed by atoms with Crippen LogP contribution in [0.4, 0.5) is 11.4 Å². The Morgan fingerprint density at radius 3 is 2.35 bits per heavy atom. The van der Waals surface area contributed by atoms with Gasteiger partial charge in [-0.2, -0.15) is 0 Å². The van der Waals surface area contributed by atoms with E-state index in [2.05, 4.69) is 0 Å². The van der Waals surface area contributed by atoms with Gasteiger partial charge in [0.05, 0.1) is 5.56 Å². The number of nitrogen functional groups attached to an aromatic ring is 1. The first kappa shape index (κ1) is 13.7. The van der Waals surface area contributed by atoms with E-state index in [4.69, 9.17) is 5.73 Å². The molecule has 2 aromatic carbocycles. The topological polar surface area (TPSA) is 86.8 Å². The summed E-state index contributed by atoms with van der Waals surface area (Å²) in [4.78, 5) is 14.0. The molecule has 0 spiro atoms. The van der Waals surface area contributed by atoms with E-state index in [0.29, 0.717) is 17.9 Å². The Hall–Kier alpha value is -2.69. The number of rotatable bonds is 3. The van der Waals surface area contributed by atoms with Gasteiger partial charge in [0.25, 0.3) is 5.91 Å². The Balaban J connectivity index is 2.36. The minimum absolute atomic E-state index is 0.0883. The predicted molar refractivity (Wildman–Crippen MR) is 78.0 cm³/mol. The average Bonchev–Trinajstić information content (AvgIpc) is 2.41. The lowest BCUT2D eigenvalue weighted by Crippen LogP contribution is -2.30. The number of carbonyl (C=O) groups is 1. The molecule has 0 aliphatic heterocycles. The monoisotopic (exact) mass is 272 g/mol. The van der Waals surface area contributed by atoms with Gasteiger partial charge in [-0.25, -0.2) is 0 Å². The zero-order valence-corrected chi connectivity index (χ0v) is 11.1. The number of hydrogen-bond donors (Lipinski definition) is 3. The third-order valence-corrected chi connectivity index (χ3v) is 2.98. The Bertz CT molecular complexity index is 624. The van der Waals surface area contributed by atoms with Gasteiger partial charge in [-0.3, -0.25) is 4.79 Å². The largest absolute Gasteiger partial charge is 0.508 e. The molecule has 0 saturated carbocycles. The summed E-state index contributed by atoms with van der Waals surface area (Å²) in [5, 5.41) is 19.0. The van der Waals surface area contributed by atoms with Crippen LogP contribution in [0.1, 0.15) is 17.3 Å². The quantitative estimate of drug-likeness (QED) is 0.748. The number of nitrogens with two attached hydrogens (primary N) is 1. The summed E-state index contributed by atoms with van der Waals surface area (Å²) >= 11 is 0. The molecule has 0 saturated heterocycles. The van der Waals surface area contributed by atoms with Gasteiger partial charge in [0.1, 0.15) is 11.5 Å². The highest BCUT2D eigenvalue weighted by molar-refractivity contribution is 6.07. The fourth-order valence-corrected chi connectivity index (χ4v) is 1.94. The van der Waals surface area contributed by atoms with Crippen LogP contribution in [0.5, 0.6) is 11.5 Å². The van der Waals surface area contributed by atoms with Crippen molar-refractivity contribution in [1.82, 2.24) is 0 Å². The number of aromatic hydroxyl groups is 2. The van der Waals surface area contributed by atoms with Crippen molar-refractivity contribution in [3.05, 3.63) is 48.0 Å². The lowest BCUT2D eigenvalue weighted by atomic mass is 10.1. The predicted octanol–water partition coefficient (Wildman–Crippen LogP) is 2.35. The molecule has 0 atom stereocenters. The number of carbonyl (C=O) groups excluding carboxylic acids is 1. The molecule has 0 bridgehead atoms. The lowest BCUT2D eigenvalue weighted by molar-refractivity contribution is 0.0985. The summed E-state index contributed by atoms with van der Waals surface area (Å²) < 4.78 is 0. The van der Waals surface area contributed by atoms with Crippen molar-refractivity contribution in [2.45, 2.75) is 6.92 Å². The highest BCUT2D eigenvalue weighted by Crippen LogP contribution is 2.26. The number of anilines is 2. The van der Waals surface area contributed by atoms with E-state index in [1.807, 2.05) is 6.92 Å². The smallest absolute Gasteiger partial charge is 0.262 e. The molecule has 2 rings (SSSR count). The van der Waals surface area contributed by atoms with E-state index in [1.165, 1.54) is 17.0 Å². The Kier molecular flexibility index (Phi) is 3.79. The van der Waals surface area contributed by atoms with Crippen LogP contribution in [-0.4, -0.2) is 22.7 Å². The SMILES string of the molecule is CCN(C(=O)c1ccc(O)cc1O)c1ccc(N)cc1. The molecule has 0 aliphatic rings. The van der Waals surface area contributed by atoms with Crippen LogP contribution in [0.3, 0.4) is 0 Å². The highest BCUT2D eigenvalue weighted by Gasteiger charge is 2.19. The van der Waals surface area contributed by atoms with E-state index in [9.17, 15) is 15.0 Å². The van der Waals surface area contributed by atoms with Crippen molar-refractivity contribution in [3.8, 4) is 11.5 Å². The van der Waals surface area contributed by atoms with Crippen LogP contribution in [0.2, 0.25) is 0 Å². The van der Waals surface area contributed by atoms with Crippen LogP contribution < -0.4 is 10.6 Å². The molecule has 5 nitrogen and oxygen atoms in total. The molecule has 4 N–H and O–H groups in total. The molecule has 0 unspecified atom stereocenters. The summed E-state index contributed by atoms with van der Waals surface area (Å²) in [5.41, 5.74) is 7.07. The van der Waals surface area contributed by atoms with Crippen molar-refractivity contribution in [2.75, 3.05) is 17.2 Å². The first-order valence-electron chi connectivity index (χ1n) is 6.22. The number of nitrogens with zero attached hydrogens (tertiary/aromatic N) is 1. The van der Waals surface area contributed by atoms with Crippen molar-refractivity contribution in [1.29, 1.82) is 0 Å². The van der Waals surface area contributed by atoms with E-state index in [0.717, 1.165) is 6.07 Å². The van der Waals surface area contributed by atoms with Crippen LogP contribution in [0.25, 0.3) is 0 Å². The molecule has 0 aromatic heterocycles. The molecule has 0 fully saturated rings. The Morgan fingerprint density at radius 2 is 1.80 bits per heavy atom. The highest BCUT2D eigenvalue weighted by atomic mass is 16.3. The number of phenols is 2. The second-order valence-electron chi connectivity index (χ2n) is 4.34. The molecular weight excluding hydrogens is 256 g/mol. The summed E-state index contributed by atoms with van der Waals surface area (Å²) in [6.07, 6.45) is 0. The van der Waals surface area contributed by atoms with Gasteiger partial charge in [-0.1, -0.05) is 0 Å². The van der Waals surface area contributed by atoms with Gasteiger partial charge in [0, 0.05) is 24.0 Å². The zero-order chi connectivity index (χ0) is 14.7. The second kappa shape index (κ2) is 5.52. The summed E-state index contributed by atoms with van der Waals surface area (Å²) in [5.74, 6) is -0.673. The van der Waals surface area contributed by atoms with Gasteiger partial charge in [0.2, 0.25) is 0 Å². The van der Waals surface area contributed by atoms with Gasteiger partial charge in [-0.15, -0.1) is 0 Å². The summed E-state index contributed by atoms with van der Waals surface area (Å²) in [6, 6.07) is 10.8. The molecule has 0 aliphatic carbocycles. The fraction of sp³-hybridized carbons (Fsp3) is 0.133. The van der Waals surface area contributed by atoms with Crippen LogP contribution in [0.15, 0.2) is 42.5 Å².